The molecule has 0 bridgehead atoms. The molecular formula is C14H20ClN3O. The van der Waals surface area contributed by atoms with Crippen molar-refractivity contribution in [2.75, 3.05) is 19.6 Å². The number of halogens is 1. The molecule has 1 fully saturated rings. The topological polar surface area (TPSA) is 58.4 Å². The Labute approximate surface area is 118 Å². The lowest BCUT2D eigenvalue weighted by Gasteiger charge is -2.45. The summed E-state index contributed by atoms with van der Waals surface area (Å²) in [6.45, 7) is 5.68. The molecule has 3 N–H and O–H groups in total. The van der Waals surface area contributed by atoms with E-state index in [1.807, 2.05) is 38.1 Å². The standard InChI is InChI=1S/C14H20ClN3O/c1-14(2)13(19)17-7-8-18(14)12(9-16)10-5-3-4-6-11(10)15/h3-6,12H,7-9,16H2,1-2H3,(H,17,19). The van der Waals surface area contributed by atoms with Crippen LogP contribution in [0.5, 0.6) is 0 Å². The summed E-state index contributed by atoms with van der Waals surface area (Å²) in [5, 5.41) is 3.59. The number of carbonyl (C=O) groups excluding carboxylic acids is 1. The Morgan fingerprint density at radius 3 is 2.79 bits per heavy atom. The fraction of sp³-hybridized carbons (Fsp3) is 0.500. The summed E-state index contributed by atoms with van der Waals surface area (Å²) < 4.78 is 0. The molecule has 1 unspecified atom stereocenters. The molecule has 104 valence electrons. The van der Waals surface area contributed by atoms with Crippen molar-refractivity contribution in [3.63, 3.8) is 0 Å². The molecule has 1 aliphatic heterocycles. The molecule has 1 aromatic rings. The highest BCUT2D eigenvalue weighted by Crippen LogP contribution is 2.32. The maximum atomic E-state index is 12.0. The van der Waals surface area contributed by atoms with Gasteiger partial charge in [-0.2, -0.15) is 0 Å². The van der Waals surface area contributed by atoms with Gasteiger partial charge in [-0.05, 0) is 25.5 Å². The van der Waals surface area contributed by atoms with Crippen molar-refractivity contribution in [1.29, 1.82) is 0 Å². The minimum absolute atomic E-state index is 0.0317. The van der Waals surface area contributed by atoms with E-state index in [1.54, 1.807) is 0 Å². The molecule has 19 heavy (non-hydrogen) atoms. The Bertz CT molecular complexity index is 476. The van der Waals surface area contributed by atoms with Gasteiger partial charge in [0.15, 0.2) is 0 Å². The van der Waals surface area contributed by atoms with Gasteiger partial charge in [0.05, 0.1) is 5.54 Å². The van der Waals surface area contributed by atoms with Gasteiger partial charge in [-0.25, -0.2) is 0 Å². The number of nitrogens with two attached hydrogens (primary N) is 1. The molecular weight excluding hydrogens is 262 g/mol. The molecule has 1 atom stereocenters. The number of nitrogens with one attached hydrogen (secondary N) is 1. The second kappa shape index (κ2) is 5.49. The summed E-state index contributed by atoms with van der Waals surface area (Å²) in [5.41, 5.74) is 6.34. The smallest absolute Gasteiger partial charge is 0.240 e. The highest BCUT2D eigenvalue weighted by Gasteiger charge is 2.41. The zero-order valence-corrected chi connectivity index (χ0v) is 12.1. The van der Waals surface area contributed by atoms with Crippen LogP contribution < -0.4 is 11.1 Å². The van der Waals surface area contributed by atoms with Crippen molar-refractivity contribution < 1.29 is 4.79 Å². The Hall–Kier alpha value is -1.10. The monoisotopic (exact) mass is 281 g/mol. The van der Waals surface area contributed by atoms with E-state index >= 15 is 0 Å². The summed E-state index contributed by atoms with van der Waals surface area (Å²) in [7, 11) is 0. The average Bonchev–Trinajstić information content (AvgIpc) is 2.37. The summed E-state index contributed by atoms with van der Waals surface area (Å²) in [5.74, 6) is 0.0317. The van der Waals surface area contributed by atoms with E-state index in [2.05, 4.69) is 10.2 Å². The van der Waals surface area contributed by atoms with E-state index < -0.39 is 5.54 Å². The lowest BCUT2D eigenvalue weighted by Crippen LogP contribution is -2.63. The first kappa shape index (κ1) is 14.3. The minimum Gasteiger partial charge on any atom is -0.353 e. The van der Waals surface area contributed by atoms with Gasteiger partial charge in [-0.3, -0.25) is 9.69 Å². The van der Waals surface area contributed by atoms with Gasteiger partial charge in [-0.15, -0.1) is 0 Å². The molecule has 1 amide bonds. The van der Waals surface area contributed by atoms with E-state index in [-0.39, 0.29) is 11.9 Å². The van der Waals surface area contributed by atoms with Crippen LogP contribution in [0.1, 0.15) is 25.5 Å². The predicted octanol–water partition coefficient (Wildman–Crippen LogP) is 1.55. The van der Waals surface area contributed by atoms with Gasteiger partial charge in [0.1, 0.15) is 0 Å². The fourth-order valence-electron chi connectivity index (χ4n) is 2.63. The van der Waals surface area contributed by atoms with E-state index in [9.17, 15) is 4.79 Å². The van der Waals surface area contributed by atoms with E-state index in [0.29, 0.717) is 18.1 Å². The summed E-state index contributed by atoms with van der Waals surface area (Å²) in [6, 6.07) is 7.63. The Balaban J connectivity index is 2.37. The Morgan fingerprint density at radius 2 is 2.16 bits per heavy atom. The summed E-state index contributed by atoms with van der Waals surface area (Å²) in [6.07, 6.45) is 0. The van der Waals surface area contributed by atoms with Crippen molar-refractivity contribution in [2.24, 2.45) is 5.73 Å². The number of amides is 1. The largest absolute Gasteiger partial charge is 0.353 e. The molecule has 4 nitrogen and oxygen atoms in total. The zero-order chi connectivity index (χ0) is 14.0. The maximum Gasteiger partial charge on any atom is 0.240 e. The van der Waals surface area contributed by atoms with Gasteiger partial charge in [-0.1, -0.05) is 29.8 Å². The number of rotatable bonds is 3. The quantitative estimate of drug-likeness (QED) is 0.884. The first-order valence-corrected chi connectivity index (χ1v) is 6.86. The van der Waals surface area contributed by atoms with Crippen molar-refractivity contribution in [3.8, 4) is 0 Å². The van der Waals surface area contributed by atoms with Crippen LogP contribution in [0.15, 0.2) is 24.3 Å². The zero-order valence-electron chi connectivity index (χ0n) is 11.3. The molecule has 0 aromatic heterocycles. The van der Waals surface area contributed by atoms with Crippen LogP contribution in [0.4, 0.5) is 0 Å². The van der Waals surface area contributed by atoms with E-state index in [0.717, 1.165) is 12.1 Å². The number of carbonyl (C=O) groups is 1. The van der Waals surface area contributed by atoms with Crippen LogP contribution in [0.3, 0.4) is 0 Å². The van der Waals surface area contributed by atoms with Crippen LogP contribution in [0.2, 0.25) is 5.02 Å². The molecule has 0 spiro atoms. The number of hydrogen-bond donors (Lipinski definition) is 2. The Kier molecular flexibility index (Phi) is 4.13. The van der Waals surface area contributed by atoms with Gasteiger partial charge < -0.3 is 11.1 Å². The number of benzene rings is 1. The minimum atomic E-state index is -0.582. The third-order valence-electron chi connectivity index (χ3n) is 3.78. The van der Waals surface area contributed by atoms with Gasteiger partial charge >= 0.3 is 0 Å². The Morgan fingerprint density at radius 1 is 1.47 bits per heavy atom. The molecule has 5 heteroatoms. The van der Waals surface area contributed by atoms with E-state index in [4.69, 9.17) is 17.3 Å². The van der Waals surface area contributed by atoms with Crippen molar-refractivity contribution in [3.05, 3.63) is 34.9 Å². The lowest BCUT2D eigenvalue weighted by atomic mass is 9.93. The maximum absolute atomic E-state index is 12.0. The molecule has 0 radical (unpaired) electrons. The van der Waals surface area contributed by atoms with Gasteiger partial charge in [0, 0.05) is 30.7 Å². The average molecular weight is 282 g/mol. The SMILES string of the molecule is CC1(C)C(=O)NCCN1C(CN)c1ccccc1Cl. The van der Waals surface area contributed by atoms with Crippen LogP contribution in [-0.4, -0.2) is 36.0 Å². The van der Waals surface area contributed by atoms with Crippen LogP contribution >= 0.6 is 11.6 Å². The summed E-state index contributed by atoms with van der Waals surface area (Å²) >= 11 is 6.26. The van der Waals surface area contributed by atoms with Crippen LogP contribution in [0.25, 0.3) is 0 Å². The van der Waals surface area contributed by atoms with Gasteiger partial charge in [0.2, 0.25) is 5.91 Å². The molecule has 0 aliphatic carbocycles. The molecule has 1 aliphatic rings. The third-order valence-corrected chi connectivity index (χ3v) is 4.12. The first-order valence-electron chi connectivity index (χ1n) is 6.48. The van der Waals surface area contributed by atoms with Crippen molar-refractivity contribution >= 4 is 17.5 Å². The second-order valence-electron chi connectivity index (χ2n) is 5.28. The fourth-order valence-corrected chi connectivity index (χ4v) is 2.89. The normalized spacial score (nSPS) is 20.9. The number of nitrogens with zero attached hydrogens (tertiary/aromatic N) is 1. The first-order chi connectivity index (χ1) is 8.98. The molecule has 1 heterocycles. The lowest BCUT2D eigenvalue weighted by molar-refractivity contribution is -0.137. The van der Waals surface area contributed by atoms with Crippen LogP contribution in [0, 0.1) is 0 Å². The molecule has 1 aromatic carbocycles. The molecule has 2 rings (SSSR count). The number of piperazine rings is 1. The van der Waals surface area contributed by atoms with E-state index in [1.165, 1.54) is 0 Å². The molecule has 1 saturated heterocycles. The third kappa shape index (κ3) is 2.61. The van der Waals surface area contributed by atoms with Gasteiger partial charge in [0.25, 0.3) is 0 Å². The van der Waals surface area contributed by atoms with Crippen molar-refractivity contribution in [1.82, 2.24) is 10.2 Å². The summed E-state index contributed by atoms with van der Waals surface area (Å²) in [4.78, 5) is 14.2. The van der Waals surface area contributed by atoms with Crippen molar-refractivity contribution in [2.45, 2.75) is 25.4 Å². The highest BCUT2D eigenvalue weighted by molar-refractivity contribution is 6.31. The predicted molar refractivity (Wildman–Crippen MR) is 77.0 cm³/mol. The number of hydrogen-bond acceptors (Lipinski definition) is 3. The highest BCUT2D eigenvalue weighted by atomic mass is 35.5. The molecule has 0 saturated carbocycles. The second-order valence-corrected chi connectivity index (χ2v) is 5.69. The van der Waals surface area contributed by atoms with Crippen LogP contribution in [-0.2, 0) is 4.79 Å².